The van der Waals surface area contributed by atoms with E-state index in [-0.39, 0.29) is 17.1 Å². The predicted octanol–water partition coefficient (Wildman–Crippen LogP) is 1.76. The number of ether oxygens (including phenoxy) is 1. The van der Waals surface area contributed by atoms with Gasteiger partial charge in [0.2, 0.25) is 5.88 Å². The van der Waals surface area contributed by atoms with Gasteiger partial charge in [0.25, 0.3) is 0 Å². The summed E-state index contributed by atoms with van der Waals surface area (Å²) in [6.07, 6.45) is 5.49. The molecule has 0 aromatic carbocycles. The quantitative estimate of drug-likeness (QED) is 0.851. The Morgan fingerprint density at radius 2 is 2.32 bits per heavy atom. The number of hydrogen-bond acceptors (Lipinski definition) is 5. The number of aromatic nitrogens is 3. The zero-order valence-corrected chi connectivity index (χ0v) is 10.4. The Morgan fingerprint density at radius 1 is 1.53 bits per heavy atom. The molecule has 0 amide bonds. The number of nitrogens with two attached hydrogens (primary N) is 1. The summed E-state index contributed by atoms with van der Waals surface area (Å²) in [5.74, 6) is -0.707. The number of aryl methyl sites for hydroxylation is 1. The van der Waals surface area contributed by atoms with Gasteiger partial charge in [-0.2, -0.15) is 5.10 Å². The molecule has 2 aromatic rings. The smallest absolute Gasteiger partial charge is 0.341 e. The molecule has 0 spiro atoms. The van der Waals surface area contributed by atoms with Crippen molar-refractivity contribution in [1.82, 2.24) is 14.8 Å². The van der Waals surface area contributed by atoms with Crippen molar-refractivity contribution >= 4 is 11.7 Å². The fraction of sp³-hybridized carbons (Fsp3) is 0.250. The lowest BCUT2D eigenvalue weighted by Gasteiger charge is -2.05. The molecule has 0 saturated carbocycles. The van der Waals surface area contributed by atoms with Crippen molar-refractivity contribution in [2.75, 3.05) is 5.73 Å². The molecule has 0 radical (unpaired) electrons. The number of aromatic carboxylic acids is 1. The maximum atomic E-state index is 11.1. The van der Waals surface area contributed by atoms with E-state index in [9.17, 15) is 4.79 Å². The molecule has 0 aliphatic rings. The number of nitrogen functional groups attached to an aromatic ring is 1. The first-order valence-electron chi connectivity index (χ1n) is 5.79. The molecule has 2 heterocycles. The van der Waals surface area contributed by atoms with Crippen LogP contribution in [0, 0.1) is 0 Å². The van der Waals surface area contributed by atoms with Crippen molar-refractivity contribution in [3.63, 3.8) is 0 Å². The summed E-state index contributed by atoms with van der Waals surface area (Å²) in [7, 11) is 0. The predicted molar refractivity (Wildman–Crippen MR) is 68.2 cm³/mol. The summed E-state index contributed by atoms with van der Waals surface area (Å²) in [6.45, 7) is 2.80. The lowest BCUT2D eigenvalue weighted by molar-refractivity contribution is 0.0693. The van der Waals surface area contributed by atoms with E-state index < -0.39 is 5.97 Å². The monoisotopic (exact) mass is 262 g/mol. The number of carbonyl (C=O) groups is 1. The van der Waals surface area contributed by atoms with Crippen molar-refractivity contribution in [2.24, 2.45) is 0 Å². The number of rotatable bonds is 5. The topological polar surface area (TPSA) is 103 Å². The van der Waals surface area contributed by atoms with Crippen LogP contribution in [0.1, 0.15) is 23.7 Å². The number of pyridine rings is 1. The minimum Gasteiger partial charge on any atom is -0.477 e. The minimum atomic E-state index is -1.14. The average Bonchev–Trinajstić information content (AvgIpc) is 2.79. The Balaban J connectivity index is 2.24. The first-order valence-corrected chi connectivity index (χ1v) is 5.79. The second-order valence-electron chi connectivity index (χ2n) is 3.97. The van der Waals surface area contributed by atoms with Crippen molar-refractivity contribution in [2.45, 2.75) is 19.9 Å². The number of hydrogen-bond donors (Lipinski definition) is 2. The van der Waals surface area contributed by atoms with Gasteiger partial charge in [-0.15, -0.1) is 0 Å². The molecule has 0 atom stereocenters. The summed E-state index contributed by atoms with van der Waals surface area (Å²) in [5, 5.41) is 13.1. The van der Waals surface area contributed by atoms with Crippen LogP contribution in [0.4, 0.5) is 5.69 Å². The molecule has 7 nitrogen and oxygen atoms in total. The molecular weight excluding hydrogens is 248 g/mol. The van der Waals surface area contributed by atoms with Crippen molar-refractivity contribution in [3.05, 3.63) is 30.2 Å². The Kier molecular flexibility index (Phi) is 3.65. The van der Waals surface area contributed by atoms with Gasteiger partial charge in [-0.25, -0.2) is 9.78 Å². The Labute approximate surface area is 109 Å². The molecule has 19 heavy (non-hydrogen) atoms. The van der Waals surface area contributed by atoms with Crippen molar-refractivity contribution in [1.29, 1.82) is 0 Å². The SMILES string of the molecule is CCCn1cc(Oc2ncc(N)cc2C(=O)O)cn1. The van der Waals surface area contributed by atoms with Crippen LogP contribution >= 0.6 is 0 Å². The Bertz CT molecular complexity index is 594. The third kappa shape index (κ3) is 3.01. The molecule has 0 aliphatic carbocycles. The molecule has 2 aromatic heterocycles. The van der Waals surface area contributed by atoms with E-state index in [0.717, 1.165) is 13.0 Å². The van der Waals surface area contributed by atoms with Crippen molar-refractivity contribution < 1.29 is 14.6 Å². The minimum absolute atomic E-state index is 0.00208. The molecule has 0 unspecified atom stereocenters. The molecular formula is C12H14N4O3. The molecule has 0 aliphatic heterocycles. The van der Waals surface area contributed by atoms with E-state index >= 15 is 0 Å². The highest BCUT2D eigenvalue weighted by atomic mass is 16.5. The van der Waals surface area contributed by atoms with Crippen LogP contribution in [-0.4, -0.2) is 25.8 Å². The van der Waals surface area contributed by atoms with Crippen LogP contribution in [0.3, 0.4) is 0 Å². The molecule has 0 fully saturated rings. The number of carboxylic acid groups (broad SMARTS) is 1. The largest absolute Gasteiger partial charge is 0.477 e. The normalized spacial score (nSPS) is 10.4. The molecule has 100 valence electrons. The molecule has 0 bridgehead atoms. The van der Waals surface area contributed by atoms with Gasteiger partial charge >= 0.3 is 5.97 Å². The number of nitrogens with zero attached hydrogens (tertiary/aromatic N) is 3. The van der Waals surface area contributed by atoms with Crippen LogP contribution in [0.25, 0.3) is 0 Å². The van der Waals surface area contributed by atoms with Crippen molar-refractivity contribution in [3.8, 4) is 11.6 Å². The fourth-order valence-electron chi connectivity index (χ4n) is 1.56. The second kappa shape index (κ2) is 5.38. The molecule has 0 saturated heterocycles. The van der Waals surface area contributed by atoms with E-state index in [2.05, 4.69) is 10.1 Å². The first-order chi connectivity index (χ1) is 9.10. The van der Waals surface area contributed by atoms with E-state index in [1.807, 2.05) is 6.92 Å². The maximum absolute atomic E-state index is 11.1. The molecule has 2 rings (SSSR count). The summed E-state index contributed by atoms with van der Waals surface area (Å²) in [4.78, 5) is 15.0. The average molecular weight is 262 g/mol. The Morgan fingerprint density at radius 3 is 3.00 bits per heavy atom. The summed E-state index contributed by atoms with van der Waals surface area (Å²) in [5.41, 5.74) is 5.69. The van der Waals surface area contributed by atoms with Crippen LogP contribution < -0.4 is 10.5 Å². The van der Waals surface area contributed by atoms with Crippen LogP contribution in [0.5, 0.6) is 11.6 Å². The van der Waals surface area contributed by atoms with Gasteiger partial charge in [0.05, 0.1) is 24.3 Å². The summed E-state index contributed by atoms with van der Waals surface area (Å²) < 4.78 is 7.14. The molecule has 3 N–H and O–H groups in total. The highest BCUT2D eigenvalue weighted by molar-refractivity contribution is 5.91. The van der Waals surface area contributed by atoms with Crippen LogP contribution in [0.15, 0.2) is 24.7 Å². The second-order valence-corrected chi connectivity index (χ2v) is 3.97. The van der Waals surface area contributed by atoms with Gasteiger partial charge in [0, 0.05) is 6.54 Å². The van der Waals surface area contributed by atoms with E-state index in [1.165, 1.54) is 18.5 Å². The molecule has 7 heteroatoms. The Hall–Kier alpha value is -2.57. The zero-order valence-electron chi connectivity index (χ0n) is 10.4. The lowest BCUT2D eigenvalue weighted by Crippen LogP contribution is -2.03. The van der Waals surface area contributed by atoms with Gasteiger partial charge in [-0.05, 0) is 12.5 Å². The standard InChI is InChI=1S/C12H14N4O3/c1-2-3-16-7-9(6-15-16)19-11-10(12(17)18)4-8(13)5-14-11/h4-7H,2-3,13H2,1H3,(H,17,18). The van der Waals surface area contributed by atoms with E-state index in [0.29, 0.717) is 5.75 Å². The van der Waals surface area contributed by atoms with Gasteiger partial charge in [0.15, 0.2) is 5.75 Å². The first kappa shape index (κ1) is 12.9. The summed E-state index contributed by atoms with van der Waals surface area (Å²) in [6, 6.07) is 1.31. The fourth-order valence-corrected chi connectivity index (χ4v) is 1.56. The van der Waals surface area contributed by atoms with Gasteiger partial charge in [-0.3, -0.25) is 4.68 Å². The van der Waals surface area contributed by atoms with Gasteiger partial charge in [0.1, 0.15) is 5.56 Å². The lowest BCUT2D eigenvalue weighted by atomic mass is 10.2. The van der Waals surface area contributed by atoms with Gasteiger partial charge in [-0.1, -0.05) is 6.92 Å². The van der Waals surface area contributed by atoms with Crippen LogP contribution in [-0.2, 0) is 6.54 Å². The summed E-state index contributed by atoms with van der Waals surface area (Å²) >= 11 is 0. The number of anilines is 1. The van der Waals surface area contributed by atoms with Crippen LogP contribution in [0.2, 0.25) is 0 Å². The highest BCUT2D eigenvalue weighted by Gasteiger charge is 2.14. The van der Waals surface area contributed by atoms with E-state index in [1.54, 1.807) is 10.9 Å². The number of carboxylic acids is 1. The maximum Gasteiger partial charge on any atom is 0.341 e. The van der Waals surface area contributed by atoms with E-state index in [4.69, 9.17) is 15.6 Å². The zero-order chi connectivity index (χ0) is 13.8. The third-order valence-electron chi connectivity index (χ3n) is 2.38. The highest BCUT2D eigenvalue weighted by Crippen LogP contribution is 2.24. The van der Waals surface area contributed by atoms with Gasteiger partial charge < -0.3 is 15.6 Å². The third-order valence-corrected chi connectivity index (χ3v) is 2.38.